The van der Waals surface area contributed by atoms with Crippen LogP contribution < -0.4 is 0 Å². The lowest BCUT2D eigenvalue weighted by molar-refractivity contribution is -0.870. The number of hydrogen-bond acceptors (Lipinski definition) is 7. The zero-order valence-corrected chi connectivity index (χ0v) is 54.8. The van der Waals surface area contributed by atoms with Crippen LogP contribution in [0.2, 0.25) is 0 Å². The summed E-state index contributed by atoms with van der Waals surface area (Å²) in [7, 11) is 5.98. The molecule has 0 aliphatic carbocycles. The van der Waals surface area contributed by atoms with Crippen LogP contribution in [0.1, 0.15) is 309 Å². The Morgan fingerprint density at radius 3 is 1.04 bits per heavy atom. The second-order valence-corrected chi connectivity index (χ2v) is 24.5. The molecule has 0 fully saturated rings. The van der Waals surface area contributed by atoms with Crippen LogP contribution in [0.3, 0.4) is 0 Å². The molecule has 480 valence electrons. The zero-order valence-electron chi connectivity index (χ0n) is 54.8. The summed E-state index contributed by atoms with van der Waals surface area (Å²) >= 11 is 0. The molecule has 9 nitrogen and oxygen atoms in total. The third-order valence-electron chi connectivity index (χ3n) is 15.1. The van der Waals surface area contributed by atoms with Crippen molar-refractivity contribution in [1.82, 2.24) is 0 Å². The van der Waals surface area contributed by atoms with Crippen molar-refractivity contribution in [3.05, 3.63) is 85.1 Å². The van der Waals surface area contributed by atoms with Crippen molar-refractivity contribution < 1.29 is 42.9 Å². The fourth-order valence-corrected chi connectivity index (χ4v) is 9.84. The zero-order chi connectivity index (χ0) is 60.5. The van der Waals surface area contributed by atoms with E-state index >= 15 is 0 Å². The number of unbranched alkanes of at least 4 members (excludes halogenated alkanes) is 35. The van der Waals surface area contributed by atoms with Crippen molar-refractivity contribution in [2.45, 2.75) is 322 Å². The highest BCUT2D eigenvalue weighted by Crippen LogP contribution is 2.17. The van der Waals surface area contributed by atoms with Crippen molar-refractivity contribution in [2.75, 3.05) is 47.5 Å². The lowest BCUT2D eigenvalue weighted by Gasteiger charge is -2.25. The molecule has 83 heavy (non-hydrogen) atoms. The molecule has 0 radical (unpaired) electrons. The molecule has 0 aliphatic rings. The first-order valence-electron chi connectivity index (χ1n) is 34.8. The van der Waals surface area contributed by atoms with E-state index in [1.807, 2.05) is 21.1 Å². The Hall–Kier alpha value is -3.53. The smallest absolute Gasteiger partial charge is 0.361 e. The Morgan fingerprint density at radius 2 is 0.687 bits per heavy atom. The van der Waals surface area contributed by atoms with Gasteiger partial charge in [0.25, 0.3) is 6.29 Å². The Balaban J connectivity index is 4.13. The maximum absolute atomic E-state index is 12.9. The van der Waals surface area contributed by atoms with Crippen molar-refractivity contribution >= 4 is 17.9 Å². The highest BCUT2D eigenvalue weighted by molar-refractivity contribution is 5.71. The number of carbonyl (C=O) groups excluding carboxylic acids is 2. The Labute approximate surface area is 512 Å². The summed E-state index contributed by atoms with van der Waals surface area (Å²) in [4.78, 5) is 37.6. The number of aliphatic carboxylic acids is 1. The monoisotopic (exact) mass is 1160 g/mol. The average Bonchev–Trinajstić information content (AvgIpc) is 3.46. The van der Waals surface area contributed by atoms with E-state index in [9.17, 15) is 19.5 Å². The largest absolute Gasteiger partial charge is 0.477 e. The lowest BCUT2D eigenvalue weighted by atomic mass is 10.0. The Bertz CT molecular complexity index is 1640. The topological polar surface area (TPSA) is 108 Å². The summed E-state index contributed by atoms with van der Waals surface area (Å²) in [6.45, 7) is 4.80. The first kappa shape index (κ1) is 79.5. The Morgan fingerprint density at radius 1 is 0.373 bits per heavy atom. The SMILES string of the molecule is CC/C=C\C/C=C\C/C=C\C/C=C\C/C=C\C/C=C\CCCCCCCCCCCCCCC(=O)OC(COC(=O)CCCCCCCCCCCCCCCCC/C=C\CCCCCCCCCC)COC(OCC[N+](C)(C)C)C(=O)O. The molecule has 0 spiro atoms. The minimum Gasteiger partial charge on any atom is -0.477 e. The van der Waals surface area contributed by atoms with Gasteiger partial charge in [-0.1, -0.05) is 292 Å². The van der Waals surface area contributed by atoms with Gasteiger partial charge in [-0.3, -0.25) is 9.59 Å². The summed E-state index contributed by atoms with van der Waals surface area (Å²) in [6, 6.07) is 0. The van der Waals surface area contributed by atoms with Gasteiger partial charge in [-0.25, -0.2) is 4.79 Å². The fraction of sp³-hybridized carbons (Fsp3) is 0.770. The van der Waals surface area contributed by atoms with Gasteiger partial charge in [-0.05, 0) is 89.9 Å². The number of likely N-dealkylation sites (N-methyl/N-ethyl adjacent to an activating group) is 1. The number of hydrogen-bond donors (Lipinski definition) is 1. The van der Waals surface area contributed by atoms with Crippen LogP contribution in [0.15, 0.2) is 85.1 Å². The molecule has 0 saturated heterocycles. The molecule has 9 heteroatoms. The normalized spacial score (nSPS) is 13.2. The lowest BCUT2D eigenvalue weighted by Crippen LogP contribution is -2.40. The number of rotatable bonds is 64. The first-order chi connectivity index (χ1) is 40.6. The van der Waals surface area contributed by atoms with E-state index in [0.29, 0.717) is 17.4 Å². The molecule has 1 N–H and O–H groups in total. The maximum Gasteiger partial charge on any atom is 0.361 e. The maximum atomic E-state index is 12.9. The van der Waals surface area contributed by atoms with E-state index in [2.05, 4.69) is 98.9 Å². The third-order valence-corrected chi connectivity index (χ3v) is 15.1. The number of quaternary nitrogens is 1. The number of carbonyl (C=O) groups is 3. The summed E-state index contributed by atoms with van der Waals surface area (Å²) in [5, 5.41) is 9.75. The van der Waals surface area contributed by atoms with Gasteiger partial charge in [-0.15, -0.1) is 0 Å². The highest BCUT2D eigenvalue weighted by atomic mass is 16.7. The quantitative estimate of drug-likeness (QED) is 0.0211. The number of ether oxygens (including phenoxy) is 4. The molecular formula is C74H132NO8+. The van der Waals surface area contributed by atoms with Gasteiger partial charge in [0.15, 0.2) is 6.10 Å². The van der Waals surface area contributed by atoms with Crippen molar-refractivity contribution in [3.8, 4) is 0 Å². The van der Waals surface area contributed by atoms with Gasteiger partial charge in [0, 0.05) is 12.8 Å². The number of nitrogens with zero attached hydrogens (tertiary/aromatic N) is 1. The van der Waals surface area contributed by atoms with Crippen LogP contribution in [0.4, 0.5) is 0 Å². The molecule has 0 heterocycles. The molecule has 0 saturated carbocycles. The predicted octanol–water partition coefficient (Wildman–Crippen LogP) is 21.5. The Kier molecular flexibility index (Phi) is 61.7. The van der Waals surface area contributed by atoms with E-state index in [-0.39, 0.29) is 32.2 Å². The first-order valence-corrected chi connectivity index (χ1v) is 34.8. The fourth-order valence-electron chi connectivity index (χ4n) is 9.84. The minimum atomic E-state index is -1.51. The molecule has 0 aromatic carbocycles. The number of esters is 2. The van der Waals surface area contributed by atoms with E-state index in [1.54, 1.807) is 0 Å². The molecule has 0 aliphatic heterocycles. The standard InChI is InChI=1S/C74H131NO8/c1-6-8-10-12-14-16-18-20-22-24-26-28-30-32-34-35-36-37-39-41-43-45-47-49-51-53-55-57-59-61-63-65-72(77)83-70(69-82-74(73(78)79)80-67-66-75(3,4)5)68-81-71(76)64-62-60-58-56-54-52-50-48-46-44-42-40-38-33-31-29-27-25-23-21-19-17-15-13-11-9-7-2/h8,10,14,16,20,22,25-28,32,34,36-37,70,74H,6-7,9,11-13,15,17-19,21,23-24,29-31,33,35,38-69H2,1-5H3/p+1/b10-8-,16-14-,22-20-,27-25-,28-26-,34-32-,37-36-. The predicted molar refractivity (Wildman–Crippen MR) is 355 cm³/mol. The van der Waals surface area contributed by atoms with Crippen LogP contribution >= 0.6 is 0 Å². The van der Waals surface area contributed by atoms with Crippen molar-refractivity contribution in [3.63, 3.8) is 0 Å². The number of carboxylic acid groups (broad SMARTS) is 1. The van der Waals surface area contributed by atoms with E-state index in [0.717, 1.165) is 83.5 Å². The third kappa shape index (κ3) is 65.9. The molecule has 0 bridgehead atoms. The molecule has 0 amide bonds. The molecule has 0 aromatic heterocycles. The summed E-state index contributed by atoms with van der Waals surface area (Å²) in [5.41, 5.74) is 0. The van der Waals surface area contributed by atoms with Crippen LogP contribution in [-0.2, 0) is 33.3 Å². The van der Waals surface area contributed by atoms with Gasteiger partial charge in [0.2, 0.25) is 0 Å². The van der Waals surface area contributed by atoms with Gasteiger partial charge in [-0.2, -0.15) is 0 Å². The average molecular weight is 1160 g/mol. The molecule has 0 rings (SSSR count). The number of carboxylic acids is 1. The van der Waals surface area contributed by atoms with Gasteiger partial charge >= 0.3 is 17.9 Å². The summed E-state index contributed by atoms with van der Waals surface area (Å²) in [5.74, 6) is -2.00. The number of allylic oxidation sites excluding steroid dienone is 14. The summed E-state index contributed by atoms with van der Waals surface area (Å²) in [6.07, 6.45) is 84.0. The van der Waals surface area contributed by atoms with Crippen LogP contribution in [-0.4, -0.2) is 87.4 Å². The summed E-state index contributed by atoms with van der Waals surface area (Å²) < 4.78 is 23.0. The van der Waals surface area contributed by atoms with Crippen molar-refractivity contribution in [2.24, 2.45) is 0 Å². The highest BCUT2D eigenvalue weighted by Gasteiger charge is 2.25. The van der Waals surface area contributed by atoms with Gasteiger partial charge in [0.05, 0.1) is 34.4 Å². The molecular weight excluding hydrogens is 1030 g/mol. The van der Waals surface area contributed by atoms with Crippen molar-refractivity contribution in [1.29, 1.82) is 0 Å². The second-order valence-electron chi connectivity index (χ2n) is 24.5. The molecule has 0 aromatic rings. The molecule has 2 unspecified atom stereocenters. The van der Waals surface area contributed by atoms with Crippen LogP contribution in [0.25, 0.3) is 0 Å². The van der Waals surface area contributed by atoms with E-state index in [1.165, 1.54) is 199 Å². The van der Waals surface area contributed by atoms with Crippen LogP contribution in [0.5, 0.6) is 0 Å². The van der Waals surface area contributed by atoms with Crippen LogP contribution in [0, 0.1) is 0 Å². The molecule has 2 atom stereocenters. The van der Waals surface area contributed by atoms with E-state index in [4.69, 9.17) is 18.9 Å². The van der Waals surface area contributed by atoms with Gasteiger partial charge < -0.3 is 28.5 Å². The van der Waals surface area contributed by atoms with Gasteiger partial charge in [0.1, 0.15) is 13.2 Å². The van der Waals surface area contributed by atoms with E-state index < -0.39 is 24.3 Å². The second kappa shape index (κ2) is 64.5. The minimum absolute atomic E-state index is 0.183.